The van der Waals surface area contributed by atoms with Gasteiger partial charge in [-0.3, -0.25) is 4.79 Å². The van der Waals surface area contributed by atoms with Crippen molar-refractivity contribution in [2.75, 3.05) is 11.5 Å². The third kappa shape index (κ3) is 4.72. The molecule has 0 amide bonds. The number of carbonyl (C=O) groups excluding carboxylic acids is 1. The number of anilines is 1. The molecule has 0 saturated heterocycles. The number of benzene rings is 1. The minimum atomic E-state index is 0.119. The SMILES string of the molecule is CC(=O)SCCC#Cc1cc(C)c(N)cc1Cl. The highest BCUT2D eigenvalue weighted by molar-refractivity contribution is 8.13. The molecule has 0 radical (unpaired) electrons. The molecule has 1 aromatic carbocycles. The second-order valence-electron chi connectivity index (χ2n) is 3.58. The van der Waals surface area contributed by atoms with Gasteiger partial charge in [-0.25, -0.2) is 0 Å². The fraction of sp³-hybridized carbons (Fsp3) is 0.308. The molecule has 0 aliphatic heterocycles. The first-order chi connectivity index (χ1) is 8.00. The molecular formula is C13H14ClNOS. The number of halogens is 1. The molecule has 1 rings (SSSR count). The van der Waals surface area contributed by atoms with Crippen LogP contribution in [0.5, 0.6) is 0 Å². The Morgan fingerprint density at radius 3 is 2.88 bits per heavy atom. The monoisotopic (exact) mass is 267 g/mol. The highest BCUT2D eigenvalue weighted by atomic mass is 35.5. The van der Waals surface area contributed by atoms with E-state index in [0.29, 0.717) is 22.9 Å². The van der Waals surface area contributed by atoms with Gasteiger partial charge < -0.3 is 5.73 Å². The van der Waals surface area contributed by atoms with Crippen molar-refractivity contribution in [3.63, 3.8) is 0 Å². The number of thioether (sulfide) groups is 1. The number of rotatable bonds is 2. The zero-order valence-electron chi connectivity index (χ0n) is 9.84. The van der Waals surface area contributed by atoms with Crippen LogP contribution in [0.2, 0.25) is 5.02 Å². The minimum absolute atomic E-state index is 0.119. The van der Waals surface area contributed by atoms with E-state index in [4.69, 9.17) is 17.3 Å². The number of carbonyl (C=O) groups is 1. The molecule has 0 aliphatic rings. The molecule has 17 heavy (non-hydrogen) atoms. The molecular weight excluding hydrogens is 254 g/mol. The molecule has 0 fully saturated rings. The van der Waals surface area contributed by atoms with E-state index in [-0.39, 0.29) is 5.12 Å². The highest BCUT2D eigenvalue weighted by Gasteiger charge is 2.01. The summed E-state index contributed by atoms with van der Waals surface area (Å²) in [5, 5.41) is 0.688. The van der Waals surface area contributed by atoms with Crippen molar-refractivity contribution < 1.29 is 4.79 Å². The predicted molar refractivity (Wildman–Crippen MR) is 75.2 cm³/mol. The van der Waals surface area contributed by atoms with Crippen LogP contribution in [0.15, 0.2) is 12.1 Å². The second-order valence-corrected chi connectivity index (χ2v) is 5.26. The molecule has 0 aliphatic carbocycles. The summed E-state index contributed by atoms with van der Waals surface area (Å²) < 4.78 is 0. The average Bonchev–Trinajstić information content (AvgIpc) is 2.24. The Morgan fingerprint density at radius 2 is 2.24 bits per heavy atom. The first-order valence-corrected chi connectivity index (χ1v) is 6.55. The van der Waals surface area contributed by atoms with Gasteiger partial charge in [0, 0.05) is 30.3 Å². The lowest BCUT2D eigenvalue weighted by molar-refractivity contribution is -0.109. The van der Waals surface area contributed by atoms with Gasteiger partial charge in [-0.15, -0.1) is 0 Å². The summed E-state index contributed by atoms with van der Waals surface area (Å²) in [5.74, 6) is 6.70. The van der Waals surface area contributed by atoms with E-state index in [0.717, 1.165) is 11.1 Å². The summed E-state index contributed by atoms with van der Waals surface area (Å²) in [6.45, 7) is 3.47. The largest absolute Gasteiger partial charge is 0.398 e. The number of hydrogen-bond acceptors (Lipinski definition) is 3. The number of nitrogen functional groups attached to an aromatic ring is 1. The maximum absolute atomic E-state index is 10.7. The maximum atomic E-state index is 10.7. The summed E-state index contributed by atoms with van der Waals surface area (Å²) >= 11 is 7.30. The number of nitrogens with two attached hydrogens (primary N) is 1. The van der Waals surface area contributed by atoms with Crippen molar-refractivity contribution >= 4 is 34.2 Å². The van der Waals surface area contributed by atoms with E-state index in [9.17, 15) is 4.79 Å². The van der Waals surface area contributed by atoms with Crippen LogP contribution < -0.4 is 5.73 Å². The van der Waals surface area contributed by atoms with Gasteiger partial charge in [0.15, 0.2) is 5.12 Å². The van der Waals surface area contributed by atoms with Crippen molar-refractivity contribution in [2.45, 2.75) is 20.3 Å². The van der Waals surface area contributed by atoms with E-state index in [1.165, 1.54) is 11.8 Å². The predicted octanol–water partition coefficient (Wildman–Crippen LogP) is 3.25. The Hall–Kier alpha value is -1.11. The zero-order valence-corrected chi connectivity index (χ0v) is 11.4. The van der Waals surface area contributed by atoms with Crippen LogP contribution in [0.25, 0.3) is 0 Å². The van der Waals surface area contributed by atoms with E-state index in [1.807, 2.05) is 13.0 Å². The maximum Gasteiger partial charge on any atom is 0.185 e. The van der Waals surface area contributed by atoms with E-state index in [1.54, 1.807) is 13.0 Å². The molecule has 90 valence electrons. The Kier molecular flexibility index (Phi) is 5.40. The van der Waals surface area contributed by atoms with Crippen molar-refractivity contribution in [1.29, 1.82) is 0 Å². The van der Waals surface area contributed by atoms with Crippen LogP contribution in [-0.2, 0) is 4.79 Å². The third-order valence-electron chi connectivity index (χ3n) is 2.11. The quantitative estimate of drug-likeness (QED) is 0.508. The molecule has 0 bridgehead atoms. The molecule has 0 aromatic heterocycles. The minimum Gasteiger partial charge on any atom is -0.398 e. The van der Waals surface area contributed by atoms with Crippen LogP contribution in [0.4, 0.5) is 5.69 Å². The lowest BCUT2D eigenvalue weighted by Gasteiger charge is -2.02. The van der Waals surface area contributed by atoms with Crippen LogP contribution in [0, 0.1) is 18.8 Å². The van der Waals surface area contributed by atoms with E-state index in [2.05, 4.69) is 11.8 Å². The molecule has 2 nitrogen and oxygen atoms in total. The number of hydrogen-bond donors (Lipinski definition) is 1. The lowest BCUT2D eigenvalue weighted by atomic mass is 10.1. The molecule has 0 saturated carbocycles. The van der Waals surface area contributed by atoms with Crippen LogP contribution >= 0.6 is 23.4 Å². The van der Waals surface area contributed by atoms with Gasteiger partial charge in [-0.2, -0.15) is 0 Å². The lowest BCUT2D eigenvalue weighted by Crippen LogP contribution is -1.91. The van der Waals surface area contributed by atoms with E-state index < -0.39 is 0 Å². The van der Waals surface area contributed by atoms with Gasteiger partial charge in [-0.05, 0) is 24.6 Å². The normalized spacial score (nSPS) is 9.59. The molecule has 2 N–H and O–H groups in total. The zero-order chi connectivity index (χ0) is 12.8. The van der Waals surface area contributed by atoms with Gasteiger partial charge in [-0.1, -0.05) is 35.2 Å². The van der Waals surface area contributed by atoms with Crippen LogP contribution in [0.1, 0.15) is 24.5 Å². The summed E-state index contributed by atoms with van der Waals surface area (Å²) in [6.07, 6.45) is 0.671. The van der Waals surface area contributed by atoms with Gasteiger partial charge in [0.1, 0.15) is 0 Å². The first kappa shape index (κ1) is 14.0. The smallest absolute Gasteiger partial charge is 0.185 e. The van der Waals surface area contributed by atoms with Crippen molar-refractivity contribution in [1.82, 2.24) is 0 Å². The summed E-state index contributed by atoms with van der Waals surface area (Å²) in [6, 6.07) is 3.59. The topological polar surface area (TPSA) is 43.1 Å². The molecule has 0 spiro atoms. The van der Waals surface area contributed by atoms with Crippen LogP contribution in [-0.4, -0.2) is 10.9 Å². The molecule has 0 unspecified atom stereocenters. The fourth-order valence-electron chi connectivity index (χ4n) is 1.20. The van der Waals surface area contributed by atoms with Crippen molar-refractivity contribution in [3.8, 4) is 11.8 Å². The number of aryl methyl sites for hydroxylation is 1. The molecule has 0 atom stereocenters. The Morgan fingerprint density at radius 1 is 1.53 bits per heavy atom. The average molecular weight is 268 g/mol. The summed E-state index contributed by atoms with van der Waals surface area (Å²) in [5.41, 5.74) is 8.15. The fourth-order valence-corrected chi connectivity index (χ4v) is 1.91. The Bertz CT molecular complexity index is 488. The van der Waals surface area contributed by atoms with Crippen molar-refractivity contribution in [3.05, 3.63) is 28.3 Å². The summed E-state index contributed by atoms with van der Waals surface area (Å²) in [7, 11) is 0. The first-order valence-electron chi connectivity index (χ1n) is 5.18. The van der Waals surface area contributed by atoms with Gasteiger partial charge in [0.2, 0.25) is 0 Å². The highest BCUT2D eigenvalue weighted by Crippen LogP contribution is 2.22. The third-order valence-corrected chi connectivity index (χ3v) is 3.24. The van der Waals surface area contributed by atoms with E-state index >= 15 is 0 Å². The molecule has 4 heteroatoms. The van der Waals surface area contributed by atoms with Gasteiger partial charge in [0.25, 0.3) is 0 Å². The van der Waals surface area contributed by atoms with Gasteiger partial charge in [0.05, 0.1) is 5.02 Å². The van der Waals surface area contributed by atoms with Gasteiger partial charge >= 0.3 is 0 Å². The Labute approximate surface area is 111 Å². The standard InChI is InChI=1S/C13H14ClNOS/c1-9-7-11(12(14)8-13(9)15)5-3-4-6-17-10(2)16/h7-8H,4,6,15H2,1-2H3. The molecule has 1 aromatic rings. The van der Waals surface area contributed by atoms with Crippen LogP contribution in [0.3, 0.4) is 0 Å². The second kappa shape index (κ2) is 6.58. The van der Waals surface area contributed by atoms with Crippen molar-refractivity contribution in [2.24, 2.45) is 0 Å². The summed E-state index contributed by atoms with van der Waals surface area (Å²) in [4.78, 5) is 10.7. The Balaban J connectivity index is 2.66. The molecule has 0 heterocycles.